The van der Waals surface area contributed by atoms with Gasteiger partial charge in [-0.2, -0.15) is 0 Å². The molecule has 1 aliphatic carbocycles. The molecule has 30 heavy (non-hydrogen) atoms. The van der Waals surface area contributed by atoms with Gasteiger partial charge in [-0.1, -0.05) is 12.8 Å². The molecule has 1 saturated carbocycles. The van der Waals surface area contributed by atoms with Gasteiger partial charge in [-0.25, -0.2) is 9.78 Å². The predicted molar refractivity (Wildman–Crippen MR) is 124 cm³/mol. The number of aryl methyl sites for hydroxylation is 1. The van der Waals surface area contributed by atoms with Gasteiger partial charge in [-0.15, -0.1) is 11.3 Å². The minimum atomic E-state index is -0.226. The number of aromatic nitrogens is 1. The fourth-order valence-corrected chi connectivity index (χ4v) is 4.47. The quantitative estimate of drug-likeness (QED) is 0.575. The average Bonchev–Trinajstić information content (AvgIpc) is 3.37. The molecule has 0 atom stereocenters. The van der Waals surface area contributed by atoms with Crippen LogP contribution in [0.25, 0.3) is 0 Å². The smallest absolute Gasteiger partial charge is 0.321 e. The number of amides is 3. The Morgan fingerprint density at radius 2 is 1.90 bits per heavy atom. The van der Waals surface area contributed by atoms with E-state index in [4.69, 9.17) is 0 Å². The average molecular weight is 430 g/mol. The molecular formula is C22H31N5O2S. The number of carbonyl (C=O) groups excluding carboxylic acids is 2. The summed E-state index contributed by atoms with van der Waals surface area (Å²) in [6, 6.07) is 6.10. The summed E-state index contributed by atoms with van der Waals surface area (Å²) in [5.74, 6) is -0.124. The van der Waals surface area contributed by atoms with Gasteiger partial charge in [0.1, 0.15) is 0 Å². The van der Waals surface area contributed by atoms with E-state index >= 15 is 0 Å². The van der Waals surface area contributed by atoms with Crippen molar-refractivity contribution >= 4 is 39.8 Å². The Morgan fingerprint density at radius 1 is 1.17 bits per heavy atom. The van der Waals surface area contributed by atoms with Crippen molar-refractivity contribution in [2.75, 3.05) is 28.6 Å². The second-order valence-electron chi connectivity index (χ2n) is 7.62. The molecule has 0 radical (unpaired) electrons. The molecule has 0 saturated heterocycles. The molecule has 162 valence electrons. The normalized spacial score (nSPS) is 13.8. The molecule has 8 heteroatoms. The predicted octanol–water partition coefficient (Wildman–Crippen LogP) is 4.54. The van der Waals surface area contributed by atoms with Crippen molar-refractivity contribution in [3.8, 4) is 0 Å². The third-order valence-corrected chi connectivity index (χ3v) is 6.22. The highest BCUT2D eigenvalue weighted by Crippen LogP contribution is 2.23. The first-order chi connectivity index (χ1) is 14.5. The number of rotatable bonds is 8. The van der Waals surface area contributed by atoms with Crippen LogP contribution >= 0.6 is 11.3 Å². The van der Waals surface area contributed by atoms with Crippen LogP contribution in [0.5, 0.6) is 0 Å². The molecule has 0 bridgehead atoms. The number of nitrogens with zero attached hydrogens (tertiary/aromatic N) is 2. The van der Waals surface area contributed by atoms with E-state index in [1.165, 1.54) is 24.2 Å². The molecule has 3 N–H and O–H groups in total. The topological polar surface area (TPSA) is 86.4 Å². The lowest BCUT2D eigenvalue weighted by molar-refractivity contribution is -0.115. The number of carbonyl (C=O) groups is 2. The summed E-state index contributed by atoms with van der Waals surface area (Å²) >= 11 is 1.33. The van der Waals surface area contributed by atoms with Crippen LogP contribution in [0, 0.1) is 6.92 Å². The lowest BCUT2D eigenvalue weighted by Crippen LogP contribution is -2.36. The zero-order valence-electron chi connectivity index (χ0n) is 18.0. The maximum absolute atomic E-state index is 12.5. The van der Waals surface area contributed by atoms with Crippen molar-refractivity contribution in [2.45, 2.75) is 58.9 Å². The van der Waals surface area contributed by atoms with Crippen molar-refractivity contribution in [3.05, 3.63) is 34.8 Å². The minimum absolute atomic E-state index is 0.124. The van der Waals surface area contributed by atoms with E-state index in [2.05, 4.69) is 45.7 Å². The zero-order chi connectivity index (χ0) is 21.5. The summed E-state index contributed by atoms with van der Waals surface area (Å²) < 4.78 is 0. The molecule has 0 unspecified atom stereocenters. The Balaban J connectivity index is 1.52. The Bertz CT molecular complexity index is 872. The number of hydrogen-bond donors (Lipinski definition) is 3. The lowest BCUT2D eigenvalue weighted by atomic mass is 10.1. The van der Waals surface area contributed by atoms with Crippen LogP contribution in [0.1, 0.15) is 50.8 Å². The highest BCUT2D eigenvalue weighted by molar-refractivity contribution is 7.13. The van der Waals surface area contributed by atoms with E-state index < -0.39 is 0 Å². The van der Waals surface area contributed by atoms with E-state index in [1.54, 1.807) is 5.38 Å². The van der Waals surface area contributed by atoms with E-state index in [0.717, 1.165) is 42.9 Å². The van der Waals surface area contributed by atoms with Crippen LogP contribution < -0.4 is 20.9 Å². The molecule has 1 fully saturated rings. The minimum Gasteiger partial charge on any atom is -0.372 e. The number of benzene rings is 1. The molecule has 1 heterocycles. The number of thiazole rings is 1. The summed E-state index contributed by atoms with van der Waals surface area (Å²) in [7, 11) is 0. The van der Waals surface area contributed by atoms with Crippen LogP contribution in [0.3, 0.4) is 0 Å². The molecule has 1 aromatic heterocycles. The van der Waals surface area contributed by atoms with Crippen molar-refractivity contribution in [2.24, 2.45) is 0 Å². The Morgan fingerprint density at radius 3 is 2.57 bits per heavy atom. The zero-order valence-corrected chi connectivity index (χ0v) is 18.8. The fourth-order valence-electron chi connectivity index (χ4n) is 3.77. The molecule has 2 aromatic rings. The second kappa shape index (κ2) is 10.4. The highest BCUT2D eigenvalue weighted by Gasteiger charge is 2.18. The van der Waals surface area contributed by atoms with E-state index in [0.29, 0.717) is 10.8 Å². The Labute approximate surface area is 182 Å². The van der Waals surface area contributed by atoms with Crippen molar-refractivity contribution in [1.82, 2.24) is 10.3 Å². The third-order valence-electron chi connectivity index (χ3n) is 5.42. The molecule has 0 spiro atoms. The van der Waals surface area contributed by atoms with Gasteiger partial charge in [0.2, 0.25) is 5.91 Å². The molecule has 3 rings (SSSR count). The summed E-state index contributed by atoms with van der Waals surface area (Å²) in [6.07, 6.45) is 4.57. The molecular weight excluding hydrogens is 398 g/mol. The Hall–Kier alpha value is -2.61. The second-order valence-corrected chi connectivity index (χ2v) is 8.48. The van der Waals surface area contributed by atoms with Crippen LogP contribution in [-0.2, 0) is 11.2 Å². The third kappa shape index (κ3) is 5.95. The number of anilines is 3. The first kappa shape index (κ1) is 22.1. The standard InChI is InChI=1S/C22H31N5O2S/c1-4-27(5-2)18-10-11-19(15(3)12-18)25-20(28)13-17-14-30-22(24-17)26-21(29)23-16-8-6-7-9-16/h10-12,14,16H,4-9,13H2,1-3H3,(H,25,28)(H2,23,24,26,29). The Kier molecular flexibility index (Phi) is 7.68. The van der Waals surface area contributed by atoms with Crippen molar-refractivity contribution in [3.63, 3.8) is 0 Å². The van der Waals surface area contributed by atoms with Gasteiger partial charge >= 0.3 is 6.03 Å². The molecule has 7 nitrogen and oxygen atoms in total. The first-order valence-corrected chi connectivity index (χ1v) is 11.5. The molecule has 3 amide bonds. The van der Waals surface area contributed by atoms with Gasteiger partial charge in [-0.3, -0.25) is 10.1 Å². The largest absolute Gasteiger partial charge is 0.372 e. The molecule has 1 aliphatic rings. The maximum atomic E-state index is 12.5. The van der Waals surface area contributed by atoms with Gasteiger partial charge in [0.25, 0.3) is 0 Å². The van der Waals surface area contributed by atoms with Crippen molar-refractivity contribution in [1.29, 1.82) is 0 Å². The SMILES string of the molecule is CCN(CC)c1ccc(NC(=O)Cc2csc(NC(=O)NC3CCCC3)n2)c(C)c1. The summed E-state index contributed by atoms with van der Waals surface area (Å²) in [6.45, 7) is 8.14. The summed E-state index contributed by atoms with van der Waals surface area (Å²) in [5.41, 5.74) is 3.63. The molecule has 1 aromatic carbocycles. The van der Waals surface area contributed by atoms with Gasteiger partial charge in [0.05, 0.1) is 12.1 Å². The van der Waals surface area contributed by atoms with Crippen LogP contribution in [0.4, 0.5) is 21.3 Å². The monoisotopic (exact) mass is 429 g/mol. The van der Waals surface area contributed by atoms with E-state index in [9.17, 15) is 9.59 Å². The molecule has 0 aliphatic heterocycles. The summed E-state index contributed by atoms with van der Waals surface area (Å²) in [5, 5.41) is 11.0. The van der Waals surface area contributed by atoms with Crippen molar-refractivity contribution < 1.29 is 9.59 Å². The summed E-state index contributed by atoms with van der Waals surface area (Å²) in [4.78, 5) is 31.2. The number of urea groups is 1. The first-order valence-electron chi connectivity index (χ1n) is 10.7. The van der Waals surface area contributed by atoms with Crippen LogP contribution in [0.2, 0.25) is 0 Å². The van der Waals surface area contributed by atoms with Gasteiger partial charge in [0, 0.05) is 35.9 Å². The van der Waals surface area contributed by atoms with Crippen LogP contribution in [0.15, 0.2) is 23.6 Å². The van der Waals surface area contributed by atoms with E-state index in [1.807, 2.05) is 19.1 Å². The maximum Gasteiger partial charge on any atom is 0.321 e. The van der Waals surface area contributed by atoms with Crippen LogP contribution in [-0.4, -0.2) is 36.1 Å². The number of hydrogen-bond acceptors (Lipinski definition) is 5. The lowest BCUT2D eigenvalue weighted by Gasteiger charge is -2.22. The number of nitrogens with one attached hydrogen (secondary N) is 3. The van der Waals surface area contributed by atoms with Gasteiger partial charge in [0.15, 0.2) is 5.13 Å². The van der Waals surface area contributed by atoms with E-state index in [-0.39, 0.29) is 24.4 Å². The van der Waals surface area contributed by atoms with Gasteiger partial charge < -0.3 is 15.5 Å². The highest BCUT2D eigenvalue weighted by atomic mass is 32.1. The fraction of sp³-hybridized carbons (Fsp3) is 0.500. The van der Waals surface area contributed by atoms with Gasteiger partial charge in [-0.05, 0) is 57.4 Å².